The lowest BCUT2D eigenvalue weighted by atomic mass is 10.2. The van der Waals surface area contributed by atoms with Gasteiger partial charge in [0.25, 0.3) is 5.88 Å². The summed E-state index contributed by atoms with van der Waals surface area (Å²) in [4.78, 5) is 30.0. The molecule has 0 unspecified atom stereocenters. The Balaban J connectivity index is 1.63. The van der Waals surface area contributed by atoms with Gasteiger partial charge in [-0.3, -0.25) is 9.29 Å². The van der Waals surface area contributed by atoms with Gasteiger partial charge >= 0.3 is 11.4 Å². The lowest BCUT2D eigenvalue weighted by Crippen LogP contribution is -2.44. The van der Waals surface area contributed by atoms with Crippen LogP contribution in [0.1, 0.15) is 5.56 Å². The zero-order chi connectivity index (χ0) is 23.9. The summed E-state index contributed by atoms with van der Waals surface area (Å²) in [6, 6.07) is 15.6. The summed E-state index contributed by atoms with van der Waals surface area (Å²) in [6.07, 6.45) is 3.28. The van der Waals surface area contributed by atoms with E-state index in [1.54, 1.807) is 42.5 Å². The first-order valence-corrected chi connectivity index (χ1v) is 11.8. The van der Waals surface area contributed by atoms with Crippen LogP contribution in [0.3, 0.4) is 0 Å². The molecule has 0 bridgehead atoms. The summed E-state index contributed by atoms with van der Waals surface area (Å²) in [6.45, 7) is 0.841. The van der Waals surface area contributed by atoms with Crippen LogP contribution in [-0.2, 0) is 13.1 Å². The van der Waals surface area contributed by atoms with Crippen molar-refractivity contribution >= 4 is 35.2 Å². The lowest BCUT2D eigenvalue weighted by molar-refractivity contribution is 0.367. The van der Waals surface area contributed by atoms with Crippen LogP contribution >= 0.6 is 23.5 Å². The molecule has 12 heteroatoms. The summed E-state index contributed by atoms with van der Waals surface area (Å²) in [5, 5.41) is 7.36. The van der Waals surface area contributed by atoms with E-state index in [1.165, 1.54) is 22.8 Å². The second kappa shape index (κ2) is 11.1. The average Bonchev–Trinajstić information content (AvgIpc) is 3.34. The third-order valence-corrected chi connectivity index (χ3v) is 5.48. The maximum absolute atomic E-state index is 13.2. The van der Waals surface area contributed by atoms with Gasteiger partial charge in [-0.25, -0.2) is 14.2 Å². The zero-order valence-electron chi connectivity index (χ0n) is 18.1. The quantitative estimate of drug-likeness (QED) is 0.249. The van der Waals surface area contributed by atoms with Gasteiger partial charge in [-0.1, -0.05) is 35.7 Å². The molecule has 2 aromatic heterocycles. The van der Waals surface area contributed by atoms with E-state index in [1.807, 2.05) is 18.4 Å². The lowest BCUT2D eigenvalue weighted by Gasteiger charge is -2.16. The summed E-state index contributed by atoms with van der Waals surface area (Å²) >= 11 is 7.40. The molecule has 2 N–H and O–H groups in total. The molecule has 0 fully saturated rings. The highest BCUT2D eigenvalue weighted by molar-refractivity contribution is 7.96. The number of aromatic nitrogens is 4. The highest BCUT2D eigenvalue weighted by Crippen LogP contribution is 2.23. The van der Waals surface area contributed by atoms with Crippen LogP contribution in [-0.4, -0.2) is 32.1 Å². The molecule has 0 atom stereocenters. The number of rotatable bonds is 10. The molecule has 4 rings (SSSR count). The van der Waals surface area contributed by atoms with Crippen LogP contribution in [0.2, 0.25) is 5.02 Å². The van der Waals surface area contributed by atoms with Gasteiger partial charge in [-0.15, -0.1) is 0 Å². The SMILES string of the molecule is CSNCCn1c(=O)nc(Nc2ccc(Oc3ccon3)cc2)n(Cc2ccc(Cl)cc2)c1=O. The fourth-order valence-electron chi connectivity index (χ4n) is 3.10. The van der Waals surface area contributed by atoms with Gasteiger partial charge in [0, 0.05) is 29.9 Å². The highest BCUT2D eigenvalue weighted by Gasteiger charge is 2.14. The maximum atomic E-state index is 13.2. The van der Waals surface area contributed by atoms with Crippen molar-refractivity contribution in [3.63, 3.8) is 0 Å². The summed E-state index contributed by atoms with van der Waals surface area (Å²) in [5.74, 6) is 1.01. The Morgan fingerprint density at radius 2 is 1.82 bits per heavy atom. The predicted molar refractivity (Wildman–Crippen MR) is 131 cm³/mol. The summed E-state index contributed by atoms with van der Waals surface area (Å²) in [5.41, 5.74) is 0.352. The van der Waals surface area contributed by atoms with Crippen LogP contribution < -0.4 is 26.2 Å². The Hall–Kier alpha value is -3.54. The fourth-order valence-corrected chi connectivity index (χ4v) is 3.52. The van der Waals surface area contributed by atoms with Gasteiger partial charge in [0.15, 0.2) is 0 Å². The number of hydrogen-bond acceptors (Lipinski definition) is 9. The smallest absolute Gasteiger partial charge is 0.354 e. The van der Waals surface area contributed by atoms with E-state index in [4.69, 9.17) is 20.9 Å². The molecule has 10 nitrogen and oxygen atoms in total. The van der Waals surface area contributed by atoms with E-state index in [9.17, 15) is 9.59 Å². The largest absolute Gasteiger partial charge is 0.436 e. The Bertz CT molecular complexity index is 1340. The third kappa shape index (κ3) is 5.87. The van der Waals surface area contributed by atoms with Crippen molar-refractivity contribution in [1.29, 1.82) is 0 Å². The number of nitrogens with zero attached hydrogens (tertiary/aromatic N) is 4. The van der Waals surface area contributed by atoms with Gasteiger partial charge in [-0.05, 0) is 53.4 Å². The Labute approximate surface area is 203 Å². The second-order valence-corrected chi connectivity index (χ2v) is 8.19. The predicted octanol–water partition coefficient (Wildman–Crippen LogP) is 3.50. The number of hydrogen-bond donors (Lipinski definition) is 2. The van der Waals surface area contributed by atoms with Crippen LogP contribution in [0.4, 0.5) is 11.6 Å². The van der Waals surface area contributed by atoms with Crippen molar-refractivity contribution in [2.75, 3.05) is 18.1 Å². The minimum Gasteiger partial charge on any atom is -0.436 e. The number of anilines is 2. The van der Waals surface area contributed by atoms with E-state index in [0.717, 1.165) is 10.1 Å². The zero-order valence-corrected chi connectivity index (χ0v) is 19.7. The molecule has 2 aromatic carbocycles. The van der Waals surface area contributed by atoms with Crippen molar-refractivity contribution in [2.45, 2.75) is 13.1 Å². The van der Waals surface area contributed by atoms with Crippen molar-refractivity contribution < 1.29 is 9.26 Å². The van der Waals surface area contributed by atoms with E-state index in [-0.39, 0.29) is 19.0 Å². The molecule has 34 heavy (non-hydrogen) atoms. The standard InChI is InChI=1S/C22H21ClN6O4S/c1-34-24-11-12-28-21(30)26-20(29(22(28)31)14-15-2-4-16(23)5-3-15)25-17-6-8-18(9-7-17)33-19-10-13-32-27-19/h2-10,13,24H,11-12,14H2,1H3,(H,25,26,30). The number of benzene rings is 2. The number of halogens is 1. The topological polar surface area (TPSA) is 116 Å². The van der Waals surface area contributed by atoms with Gasteiger partial charge in [0.05, 0.1) is 6.54 Å². The molecule has 0 radical (unpaired) electrons. The summed E-state index contributed by atoms with van der Waals surface area (Å²) < 4.78 is 15.9. The maximum Gasteiger partial charge on any atom is 0.354 e. The molecular formula is C22H21ClN6O4S. The van der Waals surface area contributed by atoms with Crippen LogP contribution in [0, 0.1) is 0 Å². The average molecular weight is 501 g/mol. The van der Waals surface area contributed by atoms with Crippen molar-refractivity contribution in [3.05, 3.63) is 92.4 Å². The molecule has 2 heterocycles. The first-order valence-electron chi connectivity index (χ1n) is 10.2. The monoisotopic (exact) mass is 500 g/mol. The van der Waals surface area contributed by atoms with Gasteiger partial charge in [-0.2, -0.15) is 4.98 Å². The molecule has 0 saturated carbocycles. The minimum atomic E-state index is -0.631. The molecule has 4 aromatic rings. The van der Waals surface area contributed by atoms with Crippen molar-refractivity contribution in [1.82, 2.24) is 24.0 Å². The number of ether oxygens (including phenoxy) is 1. The Morgan fingerprint density at radius 1 is 1.06 bits per heavy atom. The van der Waals surface area contributed by atoms with Gasteiger partial charge in [0.1, 0.15) is 12.0 Å². The van der Waals surface area contributed by atoms with E-state index >= 15 is 0 Å². The highest BCUT2D eigenvalue weighted by atomic mass is 35.5. The van der Waals surface area contributed by atoms with Gasteiger partial charge in [0.2, 0.25) is 5.95 Å². The fraction of sp³-hybridized carbons (Fsp3) is 0.182. The van der Waals surface area contributed by atoms with Crippen LogP contribution in [0.5, 0.6) is 11.6 Å². The van der Waals surface area contributed by atoms with Crippen LogP contribution in [0.25, 0.3) is 0 Å². The van der Waals surface area contributed by atoms with E-state index in [2.05, 4.69) is 20.2 Å². The molecule has 0 spiro atoms. The summed E-state index contributed by atoms with van der Waals surface area (Å²) in [7, 11) is 0. The molecule has 0 aliphatic rings. The normalized spacial score (nSPS) is 10.9. The molecule has 0 aliphatic heterocycles. The first-order chi connectivity index (χ1) is 16.5. The third-order valence-electron chi connectivity index (χ3n) is 4.73. The first kappa shape index (κ1) is 23.6. The molecular weight excluding hydrogens is 480 g/mol. The molecule has 0 aliphatic carbocycles. The van der Waals surface area contributed by atoms with Crippen LogP contribution in [0.15, 0.2) is 75.0 Å². The Morgan fingerprint density at radius 3 is 2.50 bits per heavy atom. The Kier molecular flexibility index (Phi) is 7.68. The second-order valence-electron chi connectivity index (χ2n) is 7.05. The molecule has 0 amide bonds. The minimum absolute atomic E-state index is 0.129. The number of nitrogens with one attached hydrogen (secondary N) is 2. The molecule has 0 saturated heterocycles. The molecule has 176 valence electrons. The van der Waals surface area contributed by atoms with E-state index < -0.39 is 11.4 Å². The van der Waals surface area contributed by atoms with Crippen molar-refractivity contribution in [2.24, 2.45) is 0 Å². The van der Waals surface area contributed by atoms with Crippen molar-refractivity contribution in [3.8, 4) is 11.6 Å². The van der Waals surface area contributed by atoms with Gasteiger partial charge < -0.3 is 14.6 Å². The van der Waals surface area contributed by atoms with E-state index in [0.29, 0.717) is 28.9 Å².